The Kier molecular flexibility index (Phi) is 5.55. The molecule has 1 aliphatic carbocycles. The molecule has 2 amide bonds. The molecule has 2 heterocycles. The smallest absolute Gasteiger partial charge is 0.338 e. The largest absolute Gasteiger partial charge is 0.452 e. The molecule has 34 heavy (non-hydrogen) atoms. The molecule has 0 radical (unpaired) electrons. The normalized spacial score (nSPS) is 20.2. The van der Waals surface area contributed by atoms with Crippen LogP contribution in [0.25, 0.3) is 0 Å². The van der Waals surface area contributed by atoms with Gasteiger partial charge in [-0.05, 0) is 55.7 Å². The molecule has 0 aromatic heterocycles. The summed E-state index contributed by atoms with van der Waals surface area (Å²) < 4.78 is 30.8. The van der Waals surface area contributed by atoms with Gasteiger partial charge < -0.3 is 10.1 Å². The van der Waals surface area contributed by atoms with Crippen LogP contribution in [0.15, 0.2) is 48.5 Å². The number of nitrogens with one attached hydrogen (secondary N) is 1. The van der Waals surface area contributed by atoms with Crippen molar-refractivity contribution in [1.29, 1.82) is 0 Å². The molecule has 10 heteroatoms. The van der Waals surface area contributed by atoms with E-state index < -0.39 is 34.0 Å². The van der Waals surface area contributed by atoms with Crippen LogP contribution in [-0.4, -0.2) is 50.6 Å². The number of fused-ring (bicyclic) bond motifs is 1. The molecule has 0 unspecified atom stereocenters. The zero-order valence-corrected chi connectivity index (χ0v) is 19.3. The molecule has 1 saturated heterocycles. The number of ether oxygens (including phenoxy) is 1. The number of hydrogen-bond donors (Lipinski definition) is 1. The number of anilines is 3. The molecule has 5 rings (SSSR count). The first-order valence-corrected chi connectivity index (χ1v) is 12.9. The lowest BCUT2D eigenvalue weighted by atomic mass is 9.90. The van der Waals surface area contributed by atoms with Crippen molar-refractivity contribution >= 4 is 44.9 Å². The maximum atomic E-state index is 13.3. The van der Waals surface area contributed by atoms with Gasteiger partial charge in [0.25, 0.3) is 11.8 Å². The number of rotatable bonds is 4. The van der Waals surface area contributed by atoms with Gasteiger partial charge in [0.15, 0.2) is 6.61 Å². The monoisotopic (exact) mass is 483 g/mol. The Bertz CT molecular complexity index is 1250. The number of sulfonamides is 1. The maximum absolute atomic E-state index is 13.3. The quantitative estimate of drug-likeness (QED) is 0.669. The van der Waals surface area contributed by atoms with Crippen molar-refractivity contribution < 1.29 is 27.5 Å². The summed E-state index contributed by atoms with van der Waals surface area (Å²) >= 11 is 0. The van der Waals surface area contributed by atoms with E-state index in [0.29, 0.717) is 42.9 Å². The van der Waals surface area contributed by atoms with Crippen LogP contribution in [0.1, 0.15) is 42.5 Å². The van der Waals surface area contributed by atoms with Gasteiger partial charge in [-0.1, -0.05) is 25.0 Å². The summed E-state index contributed by atoms with van der Waals surface area (Å²) in [6, 6.07) is 13.2. The van der Waals surface area contributed by atoms with E-state index in [1.54, 1.807) is 36.4 Å². The Labute approximate surface area is 197 Å². The minimum Gasteiger partial charge on any atom is -0.452 e. The summed E-state index contributed by atoms with van der Waals surface area (Å²) in [4.78, 5) is 40.4. The molecular weight excluding hydrogens is 458 g/mol. The first-order chi connectivity index (χ1) is 16.3. The van der Waals surface area contributed by atoms with E-state index in [0.717, 1.165) is 12.8 Å². The Morgan fingerprint density at radius 2 is 1.71 bits per heavy atom. The van der Waals surface area contributed by atoms with Gasteiger partial charge in [-0.25, -0.2) is 13.2 Å². The third-order valence-corrected chi connectivity index (χ3v) is 8.61. The highest BCUT2D eigenvalue weighted by atomic mass is 32.2. The Balaban J connectivity index is 1.31. The van der Waals surface area contributed by atoms with E-state index in [4.69, 9.17) is 4.74 Å². The predicted molar refractivity (Wildman–Crippen MR) is 126 cm³/mol. The van der Waals surface area contributed by atoms with Crippen LogP contribution in [0.3, 0.4) is 0 Å². The van der Waals surface area contributed by atoms with Crippen molar-refractivity contribution in [2.45, 2.75) is 37.6 Å². The Morgan fingerprint density at radius 1 is 1.00 bits per heavy atom. The van der Waals surface area contributed by atoms with E-state index in [1.807, 2.05) is 0 Å². The van der Waals surface area contributed by atoms with Gasteiger partial charge in [0.2, 0.25) is 10.0 Å². The van der Waals surface area contributed by atoms with Crippen molar-refractivity contribution in [3.63, 3.8) is 0 Å². The topological polar surface area (TPSA) is 113 Å². The van der Waals surface area contributed by atoms with Gasteiger partial charge in [0.1, 0.15) is 5.54 Å². The lowest BCUT2D eigenvalue weighted by Gasteiger charge is -2.44. The van der Waals surface area contributed by atoms with Crippen molar-refractivity contribution in [2.75, 3.05) is 33.4 Å². The number of amides is 2. The van der Waals surface area contributed by atoms with Gasteiger partial charge in [-0.15, -0.1) is 0 Å². The van der Waals surface area contributed by atoms with Crippen LogP contribution in [0, 0.1) is 0 Å². The molecule has 178 valence electrons. The van der Waals surface area contributed by atoms with Crippen LogP contribution >= 0.6 is 0 Å². The van der Waals surface area contributed by atoms with E-state index in [2.05, 4.69) is 5.32 Å². The summed E-state index contributed by atoms with van der Waals surface area (Å²) in [6.45, 7) is -0.0995. The van der Waals surface area contributed by atoms with Crippen LogP contribution in [0.2, 0.25) is 0 Å². The second-order valence-corrected chi connectivity index (χ2v) is 10.8. The van der Waals surface area contributed by atoms with E-state index in [-0.39, 0.29) is 17.2 Å². The molecule has 3 aliphatic rings. The minimum absolute atomic E-state index is 0.109. The first kappa shape index (κ1) is 22.4. The van der Waals surface area contributed by atoms with Crippen molar-refractivity contribution in [3.8, 4) is 0 Å². The van der Waals surface area contributed by atoms with Crippen molar-refractivity contribution in [2.24, 2.45) is 0 Å². The van der Waals surface area contributed by atoms with Crippen LogP contribution < -0.4 is 14.5 Å². The lowest BCUT2D eigenvalue weighted by molar-refractivity contribution is -0.129. The number of hydrogen-bond acceptors (Lipinski definition) is 6. The van der Waals surface area contributed by atoms with E-state index in [9.17, 15) is 22.8 Å². The standard InChI is InChI=1S/C24H25N3O6S/c28-21(27-20-7-2-1-6-19(20)25-23(30)24(27)12-3-4-13-24)16-33-22(29)17-8-10-18(11-9-17)26-14-5-15-34(26,31)32/h1-2,6-11H,3-5,12-16H2,(H,25,30). The fraction of sp³-hybridized carbons (Fsp3) is 0.375. The summed E-state index contributed by atoms with van der Waals surface area (Å²) in [5.74, 6) is -1.26. The molecule has 2 aliphatic heterocycles. The molecule has 2 aromatic rings. The number of benzene rings is 2. The van der Waals surface area contributed by atoms with Gasteiger partial charge in [-0.2, -0.15) is 0 Å². The van der Waals surface area contributed by atoms with Crippen LogP contribution in [0.5, 0.6) is 0 Å². The molecule has 0 atom stereocenters. The summed E-state index contributed by atoms with van der Waals surface area (Å²) in [7, 11) is -3.31. The highest BCUT2D eigenvalue weighted by Gasteiger charge is 2.52. The average Bonchev–Trinajstić information content (AvgIpc) is 3.45. The molecule has 1 spiro atoms. The van der Waals surface area contributed by atoms with Crippen molar-refractivity contribution in [3.05, 3.63) is 54.1 Å². The second-order valence-electron chi connectivity index (χ2n) is 8.80. The van der Waals surface area contributed by atoms with Crippen LogP contribution in [-0.2, 0) is 24.3 Å². The second kappa shape index (κ2) is 8.43. The highest BCUT2D eigenvalue weighted by Crippen LogP contribution is 2.45. The van der Waals surface area contributed by atoms with Crippen molar-refractivity contribution in [1.82, 2.24) is 0 Å². The lowest BCUT2D eigenvalue weighted by Crippen LogP contribution is -2.61. The minimum atomic E-state index is -3.31. The Morgan fingerprint density at radius 3 is 2.38 bits per heavy atom. The fourth-order valence-corrected chi connectivity index (χ4v) is 6.66. The zero-order chi connectivity index (χ0) is 23.9. The van der Waals surface area contributed by atoms with Gasteiger partial charge in [0, 0.05) is 6.54 Å². The molecule has 1 N–H and O–H groups in total. The summed E-state index contributed by atoms with van der Waals surface area (Å²) in [5.41, 5.74) is 0.879. The fourth-order valence-electron chi connectivity index (χ4n) is 5.10. The predicted octanol–water partition coefficient (Wildman–Crippen LogP) is 2.68. The molecule has 0 bridgehead atoms. The highest BCUT2D eigenvalue weighted by molar-refractivity contribution is 7.93. The molecule has 9 nitrogen and oxygen atoms in total. The number of carbonyl (C=O) groups is 3. The van der Waals surface area contributed by atoms with Gasteiger partial charge in [-0.3, -0.25) is 18.8 Å². The zero-order valence-electron chi connectivity index (χ0n) is 18.5. The van der Waals surface area contributed by atoms with Gasteiger partial charge >= 0.3 is 5.97 Å². The number of carbonyl (C=O) groups excluding carboxylic acids is 3. The molecule has 2 aromatic carbocycles. The first-order valence-electron chi connectivity index (χ1n) is 11.3. The van der Waals surface area contributed by atoms with E-state index in [1.165, 1.54) is 21.3 Å². The summed E-state index contributed by atoms with van der Waals surface area (Å²) in [6.07, 6.45) is 3.32. The number of esters is 1. The number of para-hydroxylation sites is 2. The van der Waals surface area contributed by atoms with E-state index >= 15 is 0 Å². The molecular formula is C24H25N3O6S. The maximum Gasteiger partial charge on any atom is 0.338 e. The third-order valence-electron chi connectivity index (χ3n) is 6.74. The molecule has 2 fully saturated rings. The van der Waals surface area contributed by atoms with Gasteiger partial charge in [0.05, 0.1) is 28.4 Å². The SMILES string of the molecule is O=C(OCC(=O)N1c2ccccc2NC(=O)C12CCCC2)c1ccc(N2CCCS2(=O)=O)cc1. The number of nitrogens with zero attached hydrogens (tertiary/aromatic N) is 2. The third kappa shape index (κ3) is 3.71. The molecule has 1 saturated carbocycles. The average molecular weight is 484 g/mol. The summed E-state index contributed by atoms with van der Waals surface area (Å²) in [5, 5.41) is 2.91. The van der Waals surface area contributed by atoms with Crippen LogP contribution in [0.4, 0.5) is 17.1 Å². The Hall–Kier alpha value is -3.40.